The standard InChI is InChI=1S/C13H27N/c1-5-13(4,6-2)11(3)12-7-9-14-10-8-12/h11-12,14H,5-10H2,1-4H3. The second kappa shape index (κ2) is 5.16. The van der Waals surface area contributed by atoms with Crippen molar-refractivity contribution in [2.75, 3.05) is 13.1 Å². The molecular formula is C13H27N. The highest BCUT2D eigenvalue weighted by Crippen LogP contribution is 2.41. The van der Waals surface area contributed by atoms with Crippen LogP contribution in [0.5, 0.6) is 0 Å². The fourth-order valence-electron chi connectivity index (χ4n) is 2.81. The SMILES string of the molecule is CCC(C)(CC)C(C)C1CCNCC1. The summed E-state index contributed by atoms with van der Waals surface area (Å²) in [6, 6.07) is 0. The zero-order chi connectivity index (χ0) is 10.6. The van der Waals surface area contributed by atoms with Gasteiger partial charge in [0, 0.05) is 0 Å². The lowest BCUT2D eigenvalue weighted by Gasteiger charge is -2.41. The normalized spacial score (nSPS) is 22.3. The van der Waals surface area contributed by atoms with Gasteiger partial charge in [0.25, 0.3) is 0 Å². The Bertz CT molecular complexity index is 155. The average molecular weight is 197 g/mol. The van der Waals surface area contributed by atoms with Crippen molar-refractivity contribution in [2.45, 2.75) is 53.4 Å². The van der Waals surface area contributed by atoms with E-state index >= 15 is 0 Å². The van der Waals surface area contributed by atoms with E-state index in [0.29, 0.717) is 5.41 Å². The number of piperidine rings is 1. The molecule has 0 amide bonds. The predicted octanol–water partition coefficient (Wildman–Crippen LogP) is 3.45. The summed E-state index contributed by atoms with van der Waals surface area (Å²) in [5.41, 5.74) is 0.571. The van der Waals surface area contributed by atoms with Crippen molar-refractivity contribution in [3.63, 3.8) is 0 Å². The van der Waals surface area contributed by atoms with Gasteiger partial charge in [-0.05, 0) is 43.2 Å². The van der Waals surface area contributed by atoms with Crippen LogP contribution in [-0.4, -0.2) is 13.1 Å². The zero-order valence-electron chi connectivity index (χ0n) is 10.4. The van der Waals surface area contributed by atoms with E-state index in [1.54, 1.807) is 0 Å². The molecule has 1 unspecified atom stereocenters. The summed E-state index contributed by atoms with van der Waals surface area (Å²) in [5, 5.41) is 3.46. The summed E-state index contributed by atoms with van der Waals surface area (Å²) in [6.07, 6.45) is 5.43. The molecule has 1 aliphatic heterocycles. The minimum atomic E-state index is 0.571. The van der Waals surface area contributed by atoms with Crippen LogP contribution in [0.4, 0.5) is 0 Å². The first-order valence-corrected chi connectivity index (χ1v) is 6.34. The first kappa shape index (κ1) is 12.0. The fraction of sp³-hybridized carbons (Fsp3) is 1.00. The topological polar surface area (TPSA) is 12.0 Å². The highest BCUT2D eigenvalue weighted by atomic mass is 14.9. The van der Waals surface area contributed by atoms with Gasteiger partial charge in [-0.15, -0.1) is 0 Å². The lowest BCUT2D eigenvalue weighted by molar-refractivity contribution is 0.102. The Morgan fingerprint density at radius 1 is 1.21 bits per heavy atom. The van der Waals surface area contributed by atoms with Gasteiger partial charge in [-0.1, -0.05) is 40.5 Å². The molecule has 0 radical (unpaired) electrons. The van der Waals surface area contributed by atoms with Gasteiger partial charge in [0.1, 0.15) is 0 Å². The van der Waals surface area contributed by atoms with Crippen LogP contribution >= 0.6 is 0 Å². The van der Waals surface area contributed by atoms with Gasteiger partial charge in [0.2, 0.25) is 0 Å². The second-order valence-electron chi connectivity index (χ2n) is 5.24. The van der Waals surface area contributed by atoms with Crippen LogP contribution in [0, 0.1) is 17.3 Å². The van der Waals surface area contributed by atoms with Crippen LogP contribution < -0.4 is 5.32 Å². The van der Waals surface area contributed by atoms with Crippen molar-refractivity contribution >= 4 is 0 Å². The molecule has 1 fully saturated rings. The Labute approximate surface area is 89.7 Å². The maximum Gasteiger partial charge on any atom is -0.00462 e. The Balaban J connectivity index is 2.56. The first-order valence-electron chi connectivity index (χ1n) is 6.34. The molecule has 0 spiro atoms. The third kappa shape index (κ3) is 2.50. The summed E-state index contributed by atoms with van der Waals surface area (Å²) in [5.74, 6) is 1.85. The summed E-state index contributed by atoms with van der Waals surface area (Å²) in [4.78, 5) is 0. The molecule has 0 aliphatic carbocycles. The van der Waals surface area contributed by atoms with Crippen LogP contribution in [0.15, 0.2) is 0 Å². The fourth-order valence-corrected chi connectivity index (χ4v) is 2.81. The maximum absolute atomic E-state index is 3.46. The van der Waals surface area contributed by atoms with E-state index in [4.69, 9.17) is 0 Å². The molecule has 1 N–H and O–H groups in total. The number of hydrogen-bond acceptors (Lipinski definition) is 1. The van der Waals surface area contributed by atoms with Crippen LogP contribution in [0.1, 0.15) is 53.4 Å². The maximum atomic E-state index is 3.46. The average Bonchev–Trinajstić information content (AvgIpc) is 2.28. The Hall–Kier alpha value is -0.0400. The molecule has 1 heteroatoms. The third-order valence-electron chi connectivity index (χ3n) is 4.81. The lowest BCUT2D eigenvalue weighted by Crippen LogP contribution is -2.37. The quantitative estimate of drug-likeness (QED) is 0.728. The molecular weight excluding hydrogens is 170 g/mol. The monoisotopic (exact) mass is 197 g/mol. The molecule has 0 bridgehead atoms. The zero-order valence-corrected chi connectivity index (χ0v) is 10.4. The number of hydrogen-bond donors (Lipinski definition) is 1. The highest BCUT2D eigenvalue weighted by molar-refractivity contribution is 4.84. The summed E-state index contributed by atoms with van der Waals surface area (Å²) < 4.78 is 0. The summed E-state index contributed by atoms with van der Waals surface area (Å²) in [6.45, 7) is 12.1. The van der Waals surface area contributed by atoms with E-state index in [1.165, 1.54) is 38.8 Å². The van der Waals surface area contributed by atoms with E-state index in [-0.39, 0.29) is 0 Å². The molecule has 1 heterocycles. The van der Waals surface area contributed by atoms with Gasteiger partial charge in [-0.25, -0.2) is 0 Å². The number of rotatable bonds is 4. The molecule has 1 aliphatic rings. The summed E-state index contributed by atoms with van der Waals surface area (Å²) in [7, 11) is 0. The van der Waals surface area contributed by atoms with Gasteiger partial charge in [-0.3, -0.25) is 0 Å². The molecule has 1 rings (SSSR count). The molecule has 0 aromatic heterocycles. The van der Waals surface area contributed by atoms with E-state index in [2.05, 4.69) is 33.0 Å². The van der Waals surface area contributed by atoms with Crippen LogP contribution in [0.2, 0.25) is 0 Å². The Kier molecular flexibility index (Phi) is 4.43. The second-order valence-corrected chi connectivity index (χ2v) is 5.24. The van der Waals surface area contributed by atoms with Crippen molar-refractivity contribution in [3.05, 3.63) is 0 Å². The molecule has 0 saturated carbocycles. The van der Waals surface area contributed by atoms with Crippen LogP contribution in [0.25, 0.3) is 0 Å². The van der Waals surface area contributed by atoms with E-state index in [9.17, 15) is 0 Å². The molecule has 84 valence electrons. The van der Waals surface area contributed by atoms with E-state index < -0.39 is 0 Å². The van der Waals surface area contributed by atoms with Crippen molar-refractivity contribution < 1.29 is 0 Å². The number of nitrogens with one attached hydrogen (secondary N) is 1. The largest absolute Gasteiger partial charge is 0.317 e. The summed E-state index contributed by atoms with van der Waals surface area (Å²) >= 11 is 0. The first-order chi connectivity index (χ1) is 6.64. The van der Waals surface area contributed by atoms with Gasteiger partial charge in [-0.2, -0.15) is 0 Å². The lowest BCUT2D eigenvalue weighted by atomic mass is 9.66. The van der Waals surface area contributed by atoms with Crippen molar-refractivity contribution in [2.24, 2.45) is 17.3 Å². The van der Waals surface area contributed by atoms with Crippen LogP contribution in [-0.2, 0) is 0 Å². The van der Waals surface area contributed by atoms with Crippen molar-refractivity contribution in [1.82, 2.24) is 5.32 Å². The Morgan fingerprint density at radius 2 is 1.71 bits per heavy atom. The van der Waals surface area contributed by atoms with E-state index in [0.717, 1.165) is 11.8 Å². The smallest absolute Gasteiger partial charge is 0.00462 e. The third-order valence-corrected chi connectivity index (χ3v) is 4.81. The van der Waals surface area contributed by atoms with Gasteiger partial charge < -0.3 is 5.32 Å². The Morgan fingerprint density at radius 3 is 2.14 bits per heavy atom. The molecule has 14 heavy (non-hydrogen) atoms. The molecule has 0 aromatic carbocycles. The molecule has 1 atom stereocenters. The minimum Gasteiger partial charge on any atom is -0.317 e. The minimum absolute atomic E-state index is 0.571. The predicted molar refractivity (Wildman–Crippen MR) is 63.4 cm³/mol. The van der Waals surface area contributed by atoms with E-state index in [1.807, 2.05) is 0 Å². The molecule has 0 aromatic rings. The molecule has 1 saturated heterocycles. The van der Waals surface area contributed by atoms with Crippen molar-refractivity contribution in [3.8, 4) is 0 Å². The van der Waals surface area contributed by atoms with Gasteiger partial charge in [0.05, 0.1) is 0 Å². The highest BCUT2D eigenvalue weighted by Gasteiger charge is 2.33. The molecule has 1 nitrogen and oxygen atoms in total. The van der Waals surface area contributed by atoms with Crippen molar-refractivity contribution in [1.29, 1.82) is 0 Å². The van der Waals surface area contributed by atoms with Gasteiger partial charge in [0.15, 0.2) is 0 Å². The van der Waals surface area contributed by atoms with Gasteiger partial charge >= 0.3 is 0 Å². The van der Waals surface area contributed by atoms with Crippen LogP contribution in [0.3, 0.4) is 0 Å².